The molecule has 0 bridgehead atoms. The fourth-order valence-electron chi connectivity index (χ4n) is 1.69. The van der Waals surface area contributed by atoms with Crippen LogP contribution in [0.5, 0.6) is 0 Å². The molecular formula is C13H13NO2S. The molecule has 0 amide bonds. The fraction of sp³-hybridized carbons (Fsp3) is 0.231. The number of nitrogens with zero attached hydrogens (tertiary/aromatic N) is 1. The number of hydrogen-bond acceptors (Lipinski definition) is 4. The minimum atomic E-state index is -0.214. The van der Waals surface area contributed by atoms with Crippen LogP contribution in [0.1, 0.15) is 22.9 Å². The van der Waals surface area contributed by atoms with Crippen molar-refractivity contribution in [2.45, 2.75) is 12.3 Å². The molecule has 4 heteroatoms. The van der Waals surface area contributed by atoms with Crippen LogP contribution in [-0.2, 0) is 9.53 Å². The molecule has 1 unspecified atom stereocenters. The van der Waals surface area contributed by atoms with Gasteiger partial charge in [0.25, 0.3) is 0 Å². The van der Waals surface area contributed by atoms with Gasteiger partial charge in [-0.25, -0.2) is 4.98 Å². The monoisotopic (exact) mass is 247 g/mol. The molecule has 3 nitrogen and oxygen atoms in total. The zero-order chi connectivity index (χ0) is 12.1. The Labute approximate surface area is 104 Å². The van der Waals surface area contributed by atoms with E-state index in [0.717, 1.165) is 10.6 Å². The van der Waals surface area contributed by atoms with Gasteiger partial charge in [0.2, 0.25) is 0 Å². The molecule has 1 aromatic carbocycles. The zero-order valence-electron chi connectivity index (χ0n) is 9.50. The molecule has 0 spiro atoms. The van der Waals surface area contributed by atoms with E-state index in [2.05, 4.69) is 4.98 Å². The highest BCUT2D eigenvalue weighted by Gasteiger charge is 2.20. The zero-order valence-corrected chi connectivity index (χ0v) is 10.3. The molecule has 1 heterocycles. The summed E-state index contributed by atoms with van der Waals surface area (Å²) in [7, 11) is 1.41. The molecule has 2 aromatic rings. The predicted octanol–water partition coefficient (Wildman–Crippen LogP) is 2.84. The molecule has 1 aromatic heterocycles. The number of carbonyl (C=O) groups excluding carboxylic acids is 1. The third-order valence-corrected chi connectivity index (χ3v) is 3.44. The normalized spacial score (nSPS) is 12.1. The first-order valence-corrected chi connectivity index (χ1v) is 6.20. The summed E-state index contributed by atoms with van der Waals surface area (Å²) in [6, 6.07) is 9.91. The third kappa shape index (κ3) is 2.91. The van der Waals surface area contributed by atoms with E-state index >= 15 is 0 Å². The first-order chi connectivity index (χ1) is 8.31. The minimum absolute atomic E-state index is 0.0105. The Balaban J connectivity index is 2.28. The Morgan fingerprint density at radius 2 is 2.18 bits per heavy atom. The Kier molecular flexibility index (Phi) is 3.88. The van der Waals surface area contributed by atoms with Crippen LogP contribution in [0.3, 0.4) is 0 Å². The molecule has 0 fully saturated rings. The van der Waals surface area contributed by atoms with Gasteiger partial charge in [0.1, 0.15) is 5.01 Å². The maximum Gasteiger partial charge on any atom is 0.306 e. The number of benzene rings is 1. The number of rotatable bonds is 4. The average molecular weight is 247 g/mol. The van der Waals surface area contributed by atoms with Crippen molar-refractivity contribution in [3.63, 3.8) is 0 Å². The van der Waals surface area contributed by atoms with Crippen molar-refractivity contribution in [3.05, 3.63) is 52.5 Å². The fourth-order valence-corrected chi connectivity index (χ4v) is 2.46. The molecule has 0 saturated heterocycles. The Morgan fingerprint density at radius 1 is 1.41 bits per heavy atom. The van der Waals surface area contributed by atoms with E-state index in [4.69, 9.17) is 4.74 Å². The quantitative estimate of drug-likeness (QED) is 0.780. The Hall–Kier alpha value is -1.68. The van der Waals surface area contributed by atoms with Gasteiger partial charge in [0, 0.05) is 17.5 Å². The average Bonchev–Trinajstić information content (AvgIpc) is 2.90. The van der Waals surface area contributed by atoms with E-state index in [0.29, 0.717) is 6.42 Å². The predicted molar refractivity (Wildman–Crippen MR) is 67.0 cm³/mol. The highest BCUT2D eigenvalue weighted by molar-refractivity contribution is 7.09. The van der Waals surface area contributed by atoms with Gasteiger partial charge in [-0.1, -0.05) is 30.3 Å². The summed E-state index contributed by atoms with van der Waals surface area (Å²) in [5, 5.41) is 2.87. The number of methoxy groups -OCH3 is 1. The summed E-state index contributed by atoms with van der Waals surface area (Å²) in [5.41, 5.74) is 1.09. The van der Waals surface area contributed by atoms with Crippen molar-refractivity contribution in [3.8, 4) is 0 Å². The molecule has 0 N–H and O–H groups in total. The molecule has 0 aliphatic carbocycles. The Morgan fingerprint density at radius 3 is 2.76 bits per heavy atom. The van der Waals surface area contributed by atoms with Crippen LogP contribution in [0.2, 0.25) is 0 Å². The van der Waals surface area contributed by atoms with Gasteiger partial charge in [0.15, 0.2) is 0 Å². The van der Waals surface area contributed by atoms with Gasteiger partial charge < -0.3 is 4.74 Å². The molecule has 0 radical (unpaired) electrons. The molecule has 88 valence electrons. The molecule has 1 atom stereocenters. The maximum atomic E-state index is 11.4. The van der Waals surface area contributed by atoms with Crippen LogP contribution in [0.25, 0.3) is 0 Å². The highest BCUT2D eigenvalue weighted by atomic mass is 32.1. The van der Waals surface area contributed by atoms with Gasteiger partial charge in [-0.2, -0.15) is 0 Å². The first kappa shape index (κ1) is 11.8. The lowest BCUT2D eigenvalue weighted by molar-refractivity contribution is -0.140. The summed E-state index contributed by atoms with van der Waals surface area (Å²) >= 11 is 1.56. The summed E-state index contributed by atoms with van der Waals surface area (Å²) in [5.74, 6) is -0.224. The second-order valence-electron chi connectivity index (χ2n) is 3.61. The van der Waals surface area contributed by atoms with Gasteiger partial charge in [0.05, 0.1) is 13.5 Å². The summed E-state index contributed by atoms with van der Waals surface area (Å²) in [6.07, 6.45) is 2.08. The standard InChI is InChI=1S/C13H13NO2S/c1-16-12(15)9-11(13-14-7-8-17-13)10-5-3-2-4-6-10/h2-8,11H,9H2,1H3. The number of hydrogen-bond donors (Lipinski definition) is 0. The molecular weight excluding hydrogens is 234 g/mol. The number of ether oxygens (including phenoxy) is 1. The molecule has 0 saturated carbocycles. The molecule has 0 aliphatic rings. The van der Waals surface area contributed by atoms with Crippen LogP contribution in [-0.4, -0.2) is 18.1 Å². The second-order valence-corrected chi connectivity index (χ2v) is 4.54. The lowest BCUT2D eigenvalue weighted by Gasteiger charge is -2.13. The first-order valence-electron chi connectivity index (χ1n) is 5.32. The maximum absolute atomic E-state index is 11.4. The smallest absolute Gasteiger partial charge is 0.306 e. The van der Waals surface area contributed by atoms with E-state index in [1.54, 1.807) is 17.5 Å². The van der Waals surface area contributed by atoms with Crippen molar-refractivity contribution < 1.29 is 9.53 Å². The van der Waals surface area contributed by atoms with Crippen LogP contribution >= 0.6 is 11.3 Å². The van der Waals surface area contributed by atoms with Crippen molar-refractivity contribution in [2.75, 3.05) is 7.11 Å². The number of esters is 1. The molecule has 0 aliphatic heterocycles. The third-order valence-electron chi connectivity index (χ3n) is 2.55. The van der Waals surface area contributed by atoms with Crippen molar-refractivity contribution >= 4 is 17.3 Å². The number of carbonyl (C=O) groups is 1. The SMILES string of the molecule is COC(=O)CC(c1ccccc1)c1nccs1. The summed E-state index contributed by atoms with van der Waals surface area (Å²) in [4.78, 5) is 15.7. The van der Waals surface area contributed by atoms with Crippen LogP contribution in [0.4, 0.5) is 0 Å². The number of thiazole rings is 1. The van der Waals surface area contributed by atoms with E-state index in [1.807, 2.05) is 35.7 Å². The topological polar surface area (TPSA) is 39.2 Å². The minimum Gasteiger partial charge on any atom is -0.469 e. The molecule has 2 rings (SSSR count). The number of aromatic nitrogens is 1. The van der Waals surface area contributed by atoms with Crippen molar-refractivity contribution in [1.29, 1.82) is 0 Å². The van der Waals surface area contributed by atoms with E-state index < -0.39 is 0 Å². The Bertz CT molecular complexity index is 467. The lowest BCUT2D eigenvalue weighted by atomic mass is 9.96. The van der Waals surface area contributed by atoms with Gasteiger partial charge in [-0.05, 0) is 5.56 Å². The van der Waals surface area contributed by atoms with Crippen molar-refractivity contribution in [1.82, 2.24) is 4.98 Å². The van der Waals surface area contributed by atoms with E-state index in [1.165, 1.54) is 7.11 Å². The van der Waals surface area contributed by atoms with Crippen LogP contribution in [0.15, 0.2) is 41.9 Å². The van der Waals surface area contributed by atoms with Crippen molar-refractivity contribution in [2.24, 2.45) is 0 Å². The summed E-state index contributed by atoms with van der Waals surface area (Å²) < 4.78 is 4.74. The second kappa shape index (κ2) is 5.59. The highest BCUT2D eigenvalue weighted by Crippen LogP contribution is 2.29. The summed E-state index contributed by atoms with van der Waals surface area (Å²) in [6.45, 7) is 0. The van der Waals surface area contributed by atoms with Gasteiger partial charge in [-0.3, -0.25) is 4.79 Å². The van der Waals surface area contributed by atoms with E-state index in [9.17, 15) is 4.79 Å². The van der Waals surface area contributed by atoms with Crippen LogP contribution < -0.4 is 0 Å². The van der Waals surface area contributed by atoms with E-state index in [-0.39, 0.29) is 11.9 Å². The van der Waals surface area contributed by atoms with Gasteiger partial charge in [-0.15, -0.1) is 11.3 Å². The molecule has 17 heavy (non-hydrogen) atoms. The lowest BCUT2D eigenvalue weighted by Crippen LogP contribution is -2.09. The largest absolute Gasteiger partial charge is 0.469 e. The van der Waals surface area contributed by atoms with Crippen LogP contribution in [0, 0.1) is 0 Å². The van der Waals surface area contributed by atoms with Gasteiger partial charge >= 0.3 is 5.97 Å².